The number of anilines is 1. The highest BCUT2D eigenvalue weighted by Crippen LogP contribution is 2.12. The van der Waals surface area contributed by atoms with Crippen molar-refractivity contribution in [1.29, 1.82) is 0 Å². The number of aliphatic hydroxyl groups is 1. The number of aryl methyl sites for hydroxylation is 2. The van der Waals surface area contributed by atoms with E-state index in [4.69, 9.17) is 5.11 Å². The normalized spacial score (nSPS) is 10.7. The third-order valence-electron chi connectivity index (χ3n) is 2.64. The van der Waals surface area contributed by atoms with Crippen LogP contribution in [0.15, 0.2) is 6.07 Å². The number of nitrogens with zero attached hydrogens (tertiary/aromatic N) is 3. The molecule has 0 aliphatic heterocycles. The van der Waals surface area contributed by atoms with E-state index < -0.39 is 0 Å². The molecule has 0 aliphatic carbocycles. The number of unbranched alkanes of at least 4 members (excludes halogenated alkanes) is 2. The minimum atomic E-state index is 0.298. The summed E-state index contributed by atoms with van der Waals surface area (Å²) in [6, 6.07) is 2.09. The van der Waals surface area contributed by atoms with Crippen LogP contribution in [-0.2, 0) is 7.05 Å². The van der Waals surface area contributed by atoms with Gasteiger partial charge in [0, 0.05) is 39.0 Å². The molecular formula is C11H21N3O. The van der Waals surface area contributed by atoms with Crippen LogP contribution in [0.4, 0.5) is 5.82 Å². The molecule has 1 aromatic heterocycles. The standard InChI is InChI=1S/C11H21N3O/c1-10-9-11(12-14(10)3)13(2)7-5-4-6-8-15/h9,15H,4-8H2,1-3H3. The smallest absolute Gasteiger partial charge is 0.150 e. The molecule has 0 radical (unpaired) electrons. The summed E-state index contributed by atoms with van der Waals surface area (Å²) < 4.78 is 1.89. The monoisotopic (exact) mass is 211 g/mol. The second-order valence-corrected chi connectivity index (χ2v) is 3.97. The second kappa shape index (κ2) is 5.75. The van der Waals surface area contributed by atoms with Gasteiger partial charge < -0.3 is 10.0 Å². The van der Waals surface area contributed by atoms with Gasteiger partial charge in [0.15, 0.2) is 5.82 Å². The Bertz CT molecular complexity index is 277. The van der Waals surface area contributed by atoms with Crippen molar-refractivity contribution in [2.45, 2.75) is 26.2 Å². The van der Waals surface area contributed by atoms with Crippen molar-refractivity contribution in [2.24, 2.45) is 7.05 Å². The molecule has 4 heteroatoms. The van der Waals surface area contributed by atoms with Gasteiger partial charge in [0.2, 0.25) is 0 Å². The van der Waals surface area contributed by atoms with Crippen molar-refractivity contribution >= 4 is 5.82 Å². The number of hydrogen-bond acceptors (Lipinski definition) is 3. The van der Waals surface area contributed by atoms with E-state index in [0.717, 1.165) is 31.6 Å². The fourth-order valence-corrected chi connectivity index (χ4v) is 1.48. The van der Waals surface area contributed by atoms with Crippen LogP contribution >= 0.6 is 0 Å². The summed E-state index contributed by atoms with van der Waals surface area (Å²) >= 11 is 0. The van der Waals surface area contributed by atoms with Gasteiger partial charge in [-0.2, -0.15) is 5.10 Å². The number of rotatable bonds is 6. The topological polar surface area (TPSA) is 41.3 Å². The Morgan fingerprint density at radius 2 is 2.13 bits per heavy atom. The van der Waals surface area contributed by atoms with Crippen molar-refractivity contribution < 1.29 is 5.11 Å². The summed E-state index contributed by atoms with van der Waals surface area (Å²) in [5.41, 5.74) is 1.17. The largest absolute Gasteiger partial charge is 0.396 e. The molecule has 15 heavy (non-hydrogen) atoms. The van der Waals surface area contributed by atoms with Crippen LogP contribution in [0.1, 0.15) is 25.0 Å². The van der Waals surface area contributed by atoms with E-state index in [-0.39, 0.29) is 0 Å². The first kappa shape index (κ1) is 12.0. The van der Waals surface area contributed by atoms with E-state index in [9.17, 15) is 0 Å². The van der Waals surface area contributed by atoms with Gasteiger partial charge in [-0.15, -0.1) is 0 Å². The van der Waals surface area contributed by atoms with E-state index in [1.807, 2.05) is 11.7 Å². The van der Waals surface area contributed by atoms with Crippen LogP contribution in [0, 0.1) is 6.92 Å². The van der Waals surface area contributed by atoms with E-state index in [1.54, 1.807) is 0 Å². The molecule has 1 heterocycles. The molecule has 0 aromatic carbocycles. The summed E-state index contributed by atoms with van der Waals surface area (Å²) in [6.45, 7) is 3.35. The average Bonchev–Trinajstić information content (AvgIpc) is 2.54. The zero-order chi connectivity index (χ0) is 11.3. The lowest BCUT2D eigenvalue weighted by molar-refractivity contribution is 0.283. The molecule has 0 amide bonds. The Morgan fingerprint density at radius 3 is 2.67 bits per heavy atom. The Labute approximate surface area is 91.5 Å². The van der Waals surface area contributed by atoms with E-state index in [2.05, 4.69) is 30.0 Å². The Morgan fingerprint density at radius 1 is 1.40 bits per heavy atom. The Kier molecular flexibility index (Phi) is 4.62. The lowest BCUT2D eigenvalue weighted by Gasteiger charge is -2.15. The maximum absolute atomic E-state index is 8.66. The first-order valence-electron chi connectivity index (χ1n) is 5.48. The molecule has 0 saturated carbocycles. The molecule has 1 aromatic rings. The van der Waals surface area contributed by atoms with Crippen LogP contribution in [0.3, 0.4) is 0 Å². The van der Waals surface area contributed by atoms with Gasteiger partial charge in [-0.05, 0) is 26.2 Å². The fourth-order valence-electron chi connectivity index (χ4n) is 1.48. The third kappa shape index (κ3) is 3.55. The van der Waals surface area contributed by atoms with Crippen molar-refractivity contribution in [3.8, 4) is 0 Å². The van der Waals surface area contributed by atoms with E-state index >= 15 is 0 Å². The van der Waals surface area contributed by atoms with Crippen molar-refractivity contribution in [2.75, 3.05) is 25.1 Å². The quantitative estimate of drug-likeness (QED) is 0.722. The maximum Gasteiger partial charge on any atom is 0.150 e. The van der Waals surface area contributed by atoms with Gasteiger partial charge in [-0.3, -0.25) is 4.68 Å². The van der Waals surface area contributed by atoms with Gasteiger partial charge in [-0.1, -0.05) is 0 Å². The van der Waals surface area contributed by atoms with Gasteiger partial charge in [0.1, 0.15) is 0 Å². The molecule has 1 N–H and O–H groups in total. The molecule has 0 atom stereocenters. The van der Waals surface area contributed by atoms with Crippen LogP contribution < -0.4 is 4.90 Å². The molecule has 0 fully saturated rings. The first-order valence-corrected chi connectivity index (χ1v) is 5.48. The van der Waals surface area contributed by atoms with Crippen molar-refractivity contribution in [3.05, 3.63) is 11.8 Å². The predicted octanol–water partition coefficient (Wildman–Crippen LogP) is 1.33. The molecule has 4 nitrogen and oxygen atoms in total. The van der Waals surface area contributed by atoms with Gasteiger partial charge in [0.25, 0.3) is 0 Å². The summed E-state index contributed by atoms with van der Waals surface area (Å²) in [4.78, 5) is 2.16. The highest BCUT2D eigenvalue weighted by molar-refractivity contribution is 5.38. The lowest BCUT2D eigenvalue weighted by atomic mass is 10.2. The van der Waals surface area contributed by atoms with E-state index in [1.165, 1.54) is 5.69 Å². The predicted molar refractivity (Wildman–Crippen MR) is 62.2 cm³/mol. The minimum absolute atomic E-state index is 0.298. The molecule has 1 rings (SSSR count). The molecular weight excluding hydrogens is 190 g/mol. The second-order valence-electron chi connectivity index (χ2n) is 3.97. The summed E-state index contributed by atoms with van der Waals surface area (Å²) in [7, 11) is 4.01. The Hall–Kier alpha value is -1.03. The molecule has 86 valence electrons. The van der Waals surface area contributed by atoms with Gasteiger partial charge in [0.05, 0.1) is 0 Å². The average molecular weight is 211 g/mol. The SMILES string of the molecule is Cc1cc(N(C)CCCCCO)nn1C. The van der Waals surface area contributed by atoms with Crippen molar-refractivity contribution in [3.63, 3.8) is 0 Å². The molecule has 0 saturated heterocycles. The third-order valence-corrected chi connectivity index (χ3v) is 2.64. The van der Waals surface area contributed by atoms with Gasteiger partial charge in [-0.25, -0.2) is 0 Å². The zero-order valence-corrected chi connectivity index (χ0v) is 9.90. The molecule has 0 bridgehead atoms. The first-order chi connectivity index (χ1) is 7.15. The number of aromatic nitrogens is 2. The van der Waals surface area contributed by atoms with Crippen LogP contribution in [0.25, 0.3) is 0 Å². The summed E-state index contributed by atoms with van der Waals surface area (Å²) in [6.07, 6.45) is 3.08. The molecule has 0 unspecified atom stereocenters. The molecule has 0 aliphatic rings. The number of hydrogen-bond donors (Lipinski definition) is 1. The lowest BCUT2D eigenvalue weighted by Crippen LogP contribution is -2.19. The highest BCUT2D eigenvalue weighted by atomic mass is 16.2. The highest BCUT2D eigenvalue weighted by Gasteiger charge is 2.05. The van der Waals surface area contributed by atoms with Crippen molar-refractivity contribution in [1.82, 2.24) is 9.78 Å². The minimum Gasteiger partial charge on any atom is -0.396 e. The Balaban J connectivity index is 2.36. The maximum atomic E-state index is 8.66. The zero-order valence-electron chi connectivity index (χ0n) is 9.90. The number of aliphatic hydroxyl groups excluding tert-OH is 1. The summed E-state index contributed by atoms with van der Waals surface area (Å²) in [5.74, 6) is 1.03. The van der Waals surface area contributed by atoms with Crippen LogP contribution in [-0.4, -0.2) is 35.1 Å². The molecule has 0 spiro atoms. The fraction of sp³-hybridized carbons (Fsp3) is 0.727. The van der Waals surface area contributed by atoms with Crippen LogP contribution in [0.5, 0.6) is 0 Å². The van der Waals surface area contributed by atoms with E-state index in [0.29, 0.717) is 6.61 Å². The van der Waals surface area contributed by atoms with Gasteiger partial charge >= 0.3 is 0 Å². The van der Waals surface area contributed by atoms with Crippen LogP contribution in [0.2, 0.25) is 0 Å². The summed E-state index contributed by atoms with van der Waals surface area (Å²) in [5, 5.41) is 13.1.